The summed E-state index contributed by atoms with van der Waals surface area (Å²) in [5, 5.41) is 0.801. The summed E-state index contributed by atoms with van der Waals surface area (Å²) < 4.78 is 0. The fourth-order valence-corrected chi connectivity index (χ4v) is 2.99. The van der Waals surface area contributed by atoms with E-state index in [0.717, 1.165) is 41.5 Å². The molecule has 0 unspecified atom stereocenters. The van der Waals surface area contributed by atoms with Gasteiger partial charge in [0.1, 0.15) is 0 Å². The molecule has 0 saturated heterocycles. The zero-order valence-corrected chi connectivity index (χ0v) is 11.7. The van der Waals surface area contributed by atoms with Crippen LogP contribution in [0.15, 0.2) is 42.5 Å². The molecular weight excluding hydrogens is 270 g/mol. The molecule has 1 aromatic heterocycles. The number of nitrogens with zero attached hydrogens (tertiary/aromatic N) is 2. The van der Waals surface area contributed by atoms with Crippen LogP contribution in [-0.2, 0) is 13.0 Å². The third kappa shape index (κ3) is 1.95. The van der Waals surface area contributed by atoms with E-state index < -0.39 is 0 Å². The average Bonchev–Trinajstić information content (AvgIpc) is 2.90. The Morgan fingerprint density at radius 3 is 2.90 bits per heavy atom. The molecule has 1 N–H and O–H groups in total. The van der Waals surface area contributed by atoms with Gasteiger partial charge in [-0.25, -0.2) is 4.98 Å². The van der Waals surface area contributed by atoms with E-state index >= 15 is 0 Å². The summed E-state index contributed by atoms with van der Waals surface area (Å²) >= 11 is 6.09. The van der Waals surface area contributed by atoms with Crippen molar-refractivity contribution < 1.29 is 0 Å². The molecule has 100 valence electrons. The Hall–Kier alpha value is -2.00. The minimum atomic E-state index is 0.801. The number of imidazole rings is 1. The molecule has 0 atom stereocenters. The van der Waals surface area contributed by atoms with Crippen LogP contribution in [0.2, 0.25) is 5.02 Å². The molecule has 3 nitrogen and oxygen atoms in total. The van der Waals surface area contributed by atoms with Crippen LogP contribution < -0.4 is 4.90 Å². The normalized spacial score (nSPS) is 14.6. The van der Waals surface area contributed by atoms with Crippen LogP contribution >= 0.6 is 11.6 Å². The zero-order valence-electron chi connectivity index (χ0n) is 10.9. The third-order valence-corrected chi connectivity index (χ3v) is 4.09. The number of fused-ring (bicyclic) bond motifs is 2. The van der Waals surface area contributed by atoms with Crippen LogP contribution in [0.3, 0.4) is 0 Å². The predicted molar refractivity (Wildman–Crippen MR) is 82.3 cm³/mol. The Balaban J connectivity index is 1.70. The molecule has 0 aliphatic carbocycles. The number of hydrogen-bond donors (Lipinski definition) is 1. The average molecular weight is 284 g/mol. The maximum atomic E-state index is 6.09. The fourth-order valence-electron chi connectivity index (χ4n) is 2.80. The summed E-state index contributed by atoms with van der Waals surface area (Å²) in [5.41, 5.74) is 4.78. The molecule has 0 saturated carbocycles. The highest BCUT2D eigenvalue weighted by molar-refractivity contribution is 6.30. The number of halogens is 1. The van der Waals surface area contributed by atoms with E-state index in [2.05, 4.69) is 33.1 Å². The monoisotopic (exact) mass is 283 g/mol. The number of hydrogen-bond acceptors (Lipinski definition) is 2. The second-order valence-electron chi connectivity index (χ2n) is 5.16. The number of nitrogens with one attached hydrogen (secondary N) is 1. The molecule has 20 heavy (non-hydrogen) atoms. The maximum absolute atomic E-state index is 6.09. The molecule has 0 fully saturated rings. The quantitative estimate of drug-likeness (QED) is 0.737. The van der Waals surface area contributed by atoms with Crippen molar-refractivity contribution in [2.75, 3.05) is 11.4 Å². The Labute approximate surface area is 122 Å². The summed E-state index contributed by atoms with van der Waals surface area (Å²) in [7, 11) is 0. The Bertz CT molecular complexity index is 745. The van der Waals surface area contributed by atoms with E-state index in [9.17, 15) is 0 Å². The van der Waals surface area contributed by atoms with Gasteiger partial charge < -0.3 is 9.88 Å². The molecule has 0 amide bonds. The van der Waals surface area contributed by atoms with Crippen molar-refractivity contribution >= 4 is 28.6 Å². The van der Waals surface area contributed by atoms with Gasteiger partial charge in [-0.3, -0.25) is 0 Å². The van der Waals surface area contributed by atoms with Gasteiger partial charge in [-0.2, -0.15) is 0 Å². The molecule has 3 aromatic rings. The van der Waals surface area contributed by atoms with E-state index in [1.165, 1.54) is 11.1 Å². The first-order valence-corrected chi connectivity index (χ1v) is 7.14. The van der Waals surface area contributed by atoms with Crippen molar-refractivity contribution in [3.8, 4) is 0 Å². The zero-order chi connectivity index (χ0) is 13.5. The highest BCUT2D eigenvalue weighted by atomic mass is 35.5. The molecular formula is C16H14ClN3. The van der Waals surface area contributed by atoms with Gasteiger partial charge in [0.25, 0.3) is 0 Å². The van der Waals surface area contributed by atoms with Crippen molar-refractivity contribution in [3.63, 3.8) is 0 Å². The minimum Gasteiger partial charge on any atom is -0.338 e. The number of benzene rings is 2. The molecule has 2 aromatic carbocycles. The van der Waals surface area contributed by atoms with Crippen LogP contribution in [0.25, 0.3) is 11.0 Å². The summed E-state index contributed by atoms with van der Waals surface area (Å²) in [6, 6.07) is 14.3. The van der Waals surface area contributed by atoms with Crippen LogP contribution in [0.1, 0.15) is 11.1 Å². The lowest BCUT2D eigenvalue weighted by Gasteiger charge is -2.28. The maximum Gasteiger partial charge on any atom is 0.204 e. The van der Waals surface area contributed by atoms with Gasteiger partial charge in [0.15, 0.2) is 0 Å². The van der Waals surface area contributed by atoms with Crippen molar-refractivity contribution in [1.29, 1.82) is 0 Å². The Morgan fingerprint density at radius 1 is 1.10 bits per heavy atom. The number of anilines is 1. The van der Waals surface area contributed by atoms with E-state index in [1.807, 2.05) is 24.3 Å². The fraction of sp³-hybridized carbons (Fsp3) is 0.188. The highest BCUT2D eigenvalue weighted by Gasteiger charge is 2.19. The van der Waals surface area contributed by atoms with Gasteiger partial charge in [-0.1, -0.05) is 29.8 Å². The van der Waals surface area contributed by atoms with Crippen molar-refractivity contribution in [2.24, 2.45) is 0 Å². The molecule has 1 aliphatic heterocycles. The summed E-state index contributed by atoms with van der Waals surface area (Å²) in [6.45, 7) is 1.84. The van der Waals surface area contributed by atoms with Crippen LogP contribution in [-0.4, -0.2) is 16.5 Å². The van der Waals surface area contributed by atoms with Crippen LogP contribution in [0, 0.1) is 0 Å². The standard InChI is InChI=1S/C16H14ClN3/c17-13-6-5-11-7-8-20(10-12(11)9-13)16-18-14-3-1-2-4-15(14)19-16/h1-6,9H,7-8,10H2,(H,18,19). The first-order chi connectivity index (χ1) is 9.79. The smallest absolute Gasteiger partial charge is 0.204 e. The van der Waals surface area contributed by atoms with E-state index in [4.69, 9.17) is 11.6 Å². The first kappa shape index (κ1) is 11.8. The number of H-pyrrole nitrogens is 1. The van der Waals surface area contributed by atoms with Crippen molar-refractivity contribution in [3.05, 3.63) is 58.6 Å². The molecule has 4 rings (SSSR count). The number of para-hydroxylation sites is 2. The van der Waals surface area contributed by atoms with Crippen LogP contribution in [0.4, 0.5) is 5.95 Å². The molecule has 0 spiro atoms. The molecule has 0 radical (unpaired) electrons. The largest absolute Gasteiger partial charge is 0.338 e. The van der Waals surface area contributed by atoms with Crippen molar-refractivity contribution in [1.82, 2.24) is 9.97 Å². The molecule has 4 heteroatoms. The Morgan fingerprint density at radius 2 is 2.00 bits per heavy atom. The van der Waals surface area contributed by atoms with Gasteiger partial charge in [0.05, 0.1) is 11.0 Å². The first-order valence-electron chi connectivity index (χ1n) is 6.76. The number of aromatic amines is 1. The Kier molecular flexibility index (Phi) is 2.67. The summed E-state index contributed by atoms with van der Waals surface area (Å²) in [5.74, 6) is 0.942. The topological polar surface area (TPSA) is 31.9 Å². The molecule has 0 bridgehead atoms. The van der Waals surface area contributed by atoms with Gasteiger partial charge >= 0.3 is 0 Å². The van der Waals surface area contributed by atoms with Gasteiger partial charge in [-0.15, -0.1) is 0 Å². The van der Waals surface area contributed by atoms with E-state index in [1.54, 1.807) is 0 Å². The summed E-state index contributed by atoms with van der Waals surface area (Å²) in [6.07, 6.45) is 1.03. The predicted octanol–water partition coefficient (Wildman–Crippen LogP) is 3.78. The number of aromatic nitrogens is 2. The SMILES string of the molecule is Clc1ccc2c(c1)CN(c1nc3ccccc3[nH]1)CC2. The van der Waals surface area contributed by atoms with Gasteiger partial charge in [-0.05, 0) is 41.8 Å². The second kappa shape index (κ2) is 4.53. The van der Waals surface area contributed by atoms with Crippen LogP contribution in [0.5, 0.6) is 0 Å². The molecule has 1 aliphatic rings. The van der Waals surface area contributed by atoms with Crippen molar-refractivity contribution in [2.45, 2.75) is 13.0 Å². The summed E-state index contributed by atoms with van der Waals surface area (Å²) in [4.78, 5) is 10.3. The lowest BCUT2D eigenvalue weighted by Crippen LogP contribution is -2.31. The van der Waals surface area contributed by atoms with E-state index in [-0.39, 0.29) is 0 Å². The minimum absolute atomic E-state index is 0.801. The lowest BCUT2D eigenvalue weighted by molar-refractivity contribution is 0.714. The highest BCUT2D eigenvalue weighted by Crippen LogP contribution is 2.26. The molecule has 2 heterocycles. The number of rotatable bonds is 1. The van der Waals surface area contributed by atoms with Gasteiger partial charge in [0, 0.05) is 18.1 Å². The van der Waals surface area contributed by atoms with E-state index in [0.29, 0.717) is 0 Å². The lowest BCUT2D eigenvalue weighted by atomic mass is 10.0. The second-order valence-corrected chi connectivity index (χ2v) is 5.60. The van der Waals surface area contributed by atoms with Gasteiger partial charge in [0.2, 0.25) is 5.95 Å². The third-order valence-electron chi connectivity index (χ3n) is 3.86.